The van der Waals surface area contributed by atoms with Crippen molar-refractivity contribution in [2.75, 3.05) is 13.2 Å². The Labute approximate surface area is 55.0 Å². The number of hydroxylamine groups is 1. The van der Waals surface area contributed by atoms with E-state index >= 15 is 0 Å². The van der Waals surface area contributed by atoms with Gasteiger partial charge in [-0.25, -0.2) is 5.48 Å². The highest BCUT2D eigenvalue weighted by Gasteiger charge is 2.22. The summed E-state index contributed by atoms with van der Waals surface area (Å²) in [7, 11) is 0. The van der Waals surface area contributed by atoms with Crippen molar-refractivity contribution in [3.05, 3.63) is 0 Å². The van der Waals surface area contributed by atoms with Crippen LogP contribution in [0.1, 0.15) is 19.8 Å². The molecule has 2 N–H and O–H groups in total. The van der Waals surface area contributed by atoms with Crippen molar-refractivity contribution in [1.82, 2.24) is 5.48 Å². The minimum absolute atomic E-state index is 0.396. The molecule has 9 heavy (non-hydrogen) atoms. The Morgan fingerprint density at radius 3 is 3.22 bits per heavy atom. The van der Waals surface area contributed by atoms with Crippen molar-refractivity contribution in [2.45, 2.75) is 25.4 Å². The highest BCUT2D eigenvalue weighted by atomic mass is 16.6. The molecular formula is C6H13NO2. The zero-order valence-corrected chi connectivity index (χ0v) is 5.68. The molecule has 0 aromatic carbocycles. The maximum absolute atomic E-state index is 9.39. The van der Waals surface area contributed by atoms with Crippen molar-refractivity contribution in [1.29, 1.82) is 0 Å². The van der Waals surface area contributed by atoms with Crippen molar-refractivity contribution in [2.24, 2.45) is 0 Å². The lowest BCUT2D eigenvalue weighted by Gasteiger charge is -2.18. The van der Waals surface area contributed by atoms with Gasteiger partial charge in [-0.3, -0.25) is 4.84 Å². The second-order valence-electron chi connectivity index (χ2n) is 2.78. The molecule has 1 saturated heterocycles. The molecular weight excluding hydrogens is 118 g/mol. The fourth-order valence-corrected chi connectivity index (χ4v) is 0.892. The third-order valence-corrected chi connectivity index (χ3v) is 1.48. The summed E-state index contributed by atoms with van der Waals surface area (Å²) in [5, 5.41) is 9.39. The molecule has 3 nitrogen and oxygen atoms in total. The quantitative estimate of drug-likeness (QED) is 0.488. The lowest BCUT2D eigenvalue weighted by Crippen LogP contribution is -2.29. The van der Waals surface area contributed by atoms with Crippen LogP contribution in [0.25, 0.3) is 0 Å². The lowest BCUT2D eigenvalue weighted by molar-refractivity contribution is -0.0553. The highest BCUT2D eigenvalue weighted by molar-refractivity contribution is 4.72. The molecule has 1 fully saturated rings. The van der Waals surface area contributed by atoms with Gasteiger partial charge in [0.05, 0.1) is 12.2 Å². The topological polar surface area (TPSA) is 41.5 Å². The van der Waals surface area contributed by atoms with Crippen molar-refractivity contribution in [3.8, 4) is 0 Å². The van der Waals surface area contributed by atoms with E-state index in [9.17, 15) is 5.11 Å². The molecule has 0 spiro atoms. The van der Waals surface area contributed by atoms with Gasteiger partial charge >= 0.3 is 0 Å². The van der Waals surface area contributed by atoms with Crippen LogP contribution < -0.4 is 5.48 Å². The van der Waals surface area contributed by atoms with Gasteiger partial charge in [-0.05, 0) is 19.8 Å². The molecule has 0 aromatic heterocycles. The fourth-order valence-electron chi connectivity index (χ4n) is 0.892. The summed E-state index contributed by atoms with van der Waals surface area (Å²) in [6, 6.07) is 0. The van der Waals surface area contributed by atoms with Gasteiger partial charge in [0.15, 0.2) is 0 Å². The van der Waals surface area contributed by atoms with E-state index in [1.807, 2.05) is 0 Å². The molecule has 54 valence electrons. The molecule has 0 aromatic rings. The molecule has 0 saturated carbocycles. The average Bonchev–Trinajstić information content (AvgIpc) is 1.92. The largest absolute Gasteiger partial charge is 0.388 e. The van der Waals surface area contributed by atoms with Gasteiger partial charge in [0.2, 0.25) is 0 Å². The third-order valence-electron chi connectivity index (χ3n) is 1.48. The predicted octanol–water partition coefficient (Wildman–Crippen LogP) is 0.0524. The van der Waals surface area contributed by atoms with E-state index in [0.29, 0.717) is 6.61 Å². The summed E-state index contributed by atoms with van der Waals surface area (Å²) >= 11 is 0. The predicted molar refractivity (Wildman–Crippen MR) is 33.8 cm³/mol. The number of aliphatic hydroxyl groups is 1. The summed E-state index contributed by atoms with van der Waals surface area (Å²) in [5.74, 6) is 0. The fraction of sp³-hybridized carbons (Fsp3) is 1.00. The van der Waals surface area contributed by atoms with Crippen LogP contribution >= 0.6 is 0 Å². The van der Waals surface area contributed by atoms with Crippen LogP contribution in [0, 0.1) is 0 Å². The van der Waals surface area contributed by atoms with E-state index in [0.717, 1.165) is 19.4 Å². The zero-order chi connectivity index (χ0) is 6.74. The van der Waals surface area contributed by atoms with Crippen LogP contribution in [0.15, 0.2) is 0 Å². The highest BCUT2D eigenvalue weighted by Crippen LogP contribution is 2.13. The van der Waals surface area contributed by atoms with E-state index in [2.05, 4.69) is 5.48 Å². The van der Waals surface area contributed by atoms with Crippen LogP contribution in [0.5, 0.6) is 0 Å². The van der Waals surface area contributed by atoms with Gasteiger partial charge in [-0.1, -0.05) is 0 Å². The molecule has 1 unspecified atom stereocenters. The first-order valence-corrected chi connectivity index (χ1v) is 3.28. The Hall–Kier alpha value is -0.120. The van der Waals surface area contributed by atoms with Gasteiger partial charge in [0.1, 0.15) is 0 Å². The Kier molecular flexibility index (Phi) is 2.05. The summed E-state index contributed by atoms with van der Waals surface area (Å²) in [6.07, 6.45) is 1.80. The number of rotatable bonds is 0. The third kappa shape index (κ3) is 2.30. The standard InChI is InChI=1S/C6H13NO2/c1-6(8)3-2-4-7-9-5-6/h7-8H,2-5H2,1H3. The van der Waals surface area contributed by atoms with Gasteiger partial charge in [0.25, 0.3) is 0 Å². The minimum atomic E-state index is -0.622. The van der Waals surface area contributed by atoms with E-state index in [1.54, 1.807) is 6.92 Å². The normalized spacial score (nSPS) is 38.0. The summed E-state index contributed by atoms with van der Waals surface area (Å²) < 4.78 is 0. The molecule has 1 aliphatic rings. The molecule has 1 rings (SSSR count). The first-order chi connectivity index (χ1) is 4.21. The summed E-state index contributed by atoms with van der Waals surface area (Å²) in [4.78, 5) is 4.91. The van der Waals surface area contributed by atoms with E-state index < -0.39 is 5.60 Å². The SMILES string of the molecule is CC1(O)CCCNOC1. The first-order valence-electron chi connectivity index (χ1n) is 3.28. The Bertz CT molecular complexity index is 83.1. The molecule has 0 bridgehead atoms. The van der Waals surface area contributed by atoms with Crippen molar-refractivity contribution in [3.63, 3.8) is 0 Å². The van der Waals surface area contributed by atoms with E-state index in [-0.39, 0.29) is 0 Å². The number of hydrogen-bond donors (Lipinski definition) is 2. The minimum Gasteiger partial charge on any atom is -0.388 e. The number of hydrogen-bond acceptors (Lipinski definition) is 3. The lowest BCUT2D eigenvalue weighted by atomic mass is 10.0. The second-order valence-corrected chi connectivity index (χ2v) is 2.78. The molecule has 1 aliphatic heterocycles. The zero-order valence-electron chi connectivity index (χ0n) is 5.68. The van der Waals surface area contributed by atoms with Gasteiger partial charge in [-0.15, -0.1) is 0 Å². The molecule has 0 aliphatic carbocycles. The summed E-state index contributed by atoms with van der Waals surface area (Å²) in [5.41, 5.74) is 2.12. The molecule has 1 atom stereocenters. The van der Waals surface area contributed by atoms with Crippen molar-refractivity contribution >= 4 is 0 Å². The summed E-state index contributed by atoms with van der Waals surface area (Å²) in [6.45, 7) is 3.03. The average molecular weight is 131 g/mol. The van der Waals surface area contributed by atoms with E-state index in [4.69, 9.17) is 4.84 Å². The monoisotopic (exact) mass is 131 g/mol. The first kappa shape index (κ1) is 6.99. The van der Waals surface area contributed by atoms with Crippen LogP contribution in [-0.4, -0.2) is 23.9 Å². The second kappa shape index (κ2) is 2.64. The van der Waals surface area contributed by atoms with Gasteiger partial charge in [0, 0.05) is 6.54 Å². The Morgan fingerprint density at radius 2 is 2.44 bits per heavy atom. The van der Waals surface area contributed by atoms with Gasteiger partial charge in [-0.2, -0.15) is 0 Å². The van der Waals surface area contributed by atoms with Gasteiger partial charge < -0.3 is 5.11 Å². The van der Waals surface area contributed by atoms with E-state index in [1.165, 1.54) is 0 Å². The van der Waals surface area contributed by atoms with Crippen LogP contribution in [-0.2, 0) is 4.84 Å². The van der Waals surface area contributed by atoms with Crippen LogP contribution in [0.4, 0.5) is 0 Å². The maximum Gasteiger partial charge on any atom is 0.0966 e. The Morgan fingerprint density at radius 1 is 1.67 bits per heavy atom. The maximum atomic E-state index is 9.39. The Balaban J connectivity index is 2.36. The smallest absolute Gasteiger partial charge is 0.0966 e. The molecule has 0 radical (unpaired) electrons. The molecule has 0 amide bonds. The van der Waals surface area contributed by atoms with Crippen LogP contribution in [0.3, 0.4) is 0 Å². The molecule has 1 heterocycles. The van der Waals surface area contributed by atoms with Crippen LogP contribution in [0.2, 0.25) is 0 Å². The number of nitrogens with one attached hydrogen (secondary N) is 1. The van der Waals surface area contributed by atoms with Crippen molar-refractivity contribution < 1.29 is 9.94 Å². The molecule has 3 heteroatoms.